The Balaban J connectivity index is 3.23. The van der Waals surface area contributed by atoms with Crippen molar-refractivity contribution in [3.05, 3.63) is 29.8 Å². The fourth-order valence-corrected chi connectivity index (χ4v) is 5.20. The molecule has 7 amide bonds. The maximum Gasteiger partial charge on any atom is 0.322 e. The van der Waals surface area contributed by atoms with Gasteiger partial charge in [0, 0.05) is 19.4 Å². The molecule has 1 aromatic rings. The van der Waals surface area contributed by atoms with E-state index in [9.17, 15) is 53.4 Å². The van der Waals surface area contributed by atoms with Crippen molar-refractivity contribution in [3.8, 4) is 5.75 Å². The van der Waals surface area contributed by atoms with Crippen molar-refractivity contribution >= 4 is 59.2 Å². The summed E-state index contributed by atoms with van der Waals surface area (Å²) in [6.45, 7) is 1.26. The molecule has 18 N–H and O–H groups in total. The van der Waals surface area contributed by atoms with E-state index in [1.807, 2.05) is 5.32 Å². The number of amides is 7. The topological polar surface area (TPSA) is 423 Å². The maximum absolute atomic E-state index is 13.5. The predicted molar refractivity (Wildman–Crippen MR) is 207 cm³/mol. The Morgan fingerprint density at radius 3 is 1.68 bits per heavy atom. The first-order chi connectivity index (χ1) is 27.6. The molecular formula is C35H55N11O13. The van der Waals surface area contributed by atoms with Crippen molar-refractivity contribution in [3.63, 3.8) is 0 Å². The van der Waals surface area contributed by atoms with Crippen LogP contribution < -0.4 is 54.8 Å². The Labute approximate surface area is 338 Å². The number of aliphatic hydroxyl groups is 1. The number of aliphatic hydroxyl groups excluding tert-OH is 1. The Morgan fingerprint density at radius 2 is 1.17 bits per heavy atom. The van der Waals surface area contributed by atoms with E-state index in [0.29, 0.717) is 5.56 Å². The number of carbonyl (C=O) groups excluding carboxylic acids is 7. The van der Waals surface area contributed by atoms with Crippen LogP contribution in [0.4, 0.5) is 0 Å². The van der Waals surface area contributed by atoms with Crippen molar-refractivity contribution in [2.24, 2.45) is 33.8 Å². The van der Waals surface area contributed by atoms with E-state index < -0.39 is 128 Å². The van der Waals surface area contributed by atoms with Crippen molar-refractivity contribution in [1.82, 2.24) is 31.9 Å². The second-order valence-electron chi connectivity index (χ2n) is 13.6. The maximum atomic E-state index is 13.5. The number of rotatable bonds is 27. The van der Waals surface area contributed by atoms with Crippen LogP contribution in [0.5, 0.6) is 5.75 Å². The molecule has 1 aromatic carbocycles. The van der Waals surface area contributed by atoms with Crippen LogP contribution in [0, 0.1) is 5.92 Å². The van der Waals surface area contributed by atoms with Crippen molar-refractivity contribution in [1.29, 1.82) is 0 Å². The third-order valence-corrected chi connectivity index (χ3v) is 8.38. The van der Waals surface area contributed by atoms with Gasteiger partial charge in [-0.2, -0.15) is 0 Å². The van der Waals surface area contributed by atoms with Crippen LogP contribution >= 0.6 is 0 Å². The minimum atomic E-state index is -1.79. The van der Waals surface area contributed by atoms with Crippen LogP contribution in [0.15, 0.2) is 29.3 Å². The molecule has 0 saturated heterocycles. The number of benzene rings is 1. The first-order valence-corrected chi connectivity index (χ1v) is 18.4. The third kappa shape index (κ3) is 19.9. The lowest BCUT2D eigenvalue weighted by Gasteiger charge is -2.27. The summed E-state index contributed by atoms with van der Waals surface area (Å²) in [7, 11) is 0. The van der Waals surface area contributed by atoms with Gasteiger partial charge in [-0.3, -0.25) is 48.1 Å². The molecule has 0 unspecified atom stereocenters. The van der Waals surface area contributed by atoms with Gasteiger partial charge in [-0.1, -0.05) is 26.0 Å². The minimum Gasteiger partial charge on any atom is -0.508 e. The van der Waals surface area contributed by atoms with Gasteiger partial charge in [0.1, 0.15) is 42.5 Å². The summed E-state index contributed by atoms with van der Waals surface area (Å²) in [4.78, 5) is 117. The van der Waals surface area contributed by atoms with Crippen molar-refractivity contribution in [2.45, 2.75) is 95.0 Å². The van der Waals surface area contributed by atoms with Gasteiger partial charge in [0.05, 0.1) is 12.6 Å². The largest absolute Gasteiger partial charge is 0.508 e. The number of carboxylic acid groups (broad SMARTS) is 2. The van der Waals surface area contributed by atoms with Crippen molar-refractivity contribution < 1.29 is 63.6 Å². The SMILES string of the molecule is CC(C)[C@H](NC(=O)[C@@H](N)Cc1ccc(O)cc1)C(=O)N[C@@H](CCC(N)=O)C(=O)N[C@@H](CO)C(=O)N[C@@H](CCCN=C(N)N)C(=O)N[C@@H](CCC(=O)O)C(=O)NCC(=O)O. The van der Waals surface area contributed by atoms with E-state index in [0.717, 1.165) is 0 Å². The summed E-state index contributed by atoms with van der Waals surface area (Å²) in [6.07, 6.45) is -2.00. The highest BCUT2D eigenvalue weighted by Gasteiger charge is 2.34. The second kappa shape index (κ2) is 25.6. The second-order valence-corrected chi connectivity index (χ2v) is 13.6. The Morgan fingerprint density at radius 1 is 0.661 bits per heavy atom. The number of nitrogens with two attached hydrogens (primary N) is 4. The summed E-state index contributed by atoms with van der Waals surface area (Å²) in [5.74, 6) is -10.3. The normalized spacial score (nSPS) is 13.8. The monoisotopic (exact) mass is 837 g/mol. The third-order valence-electron chi connectivity index (χ3n) is 8.38. The lowest BCUT2D eigenvalue weighted by Crippen LogP contribution is -2.60. The Hall–Kier alpha value is -6.56. The molecule has 328 valence electrons. The van der Waals surface area contributed by atoms with Crippen LogP contribution in [-0.4, -0.2) is 136 Å². The molecule has 24 heteroatoms. The average molecular weight is 838 g/mol. The van der Waals surface area contributed by atoms with Crippen LogP contribution in [0.25, 0.3) is 0 Å². The summed E-state index contributed by atoms with van der Waals surface area (Å²) in [5.41, 5.74) is 22.7. The van der Waals surface area contributed by atoms with Gasteiger partial charge in [0.15, 0.2) is 5.96 Å². The van der Waals surface area contributed by atoms with Crippen LogP contribution in [-0.2, 0) is 49.6 Å². The number of aliphatic carboxylic acids is 2. The van der Waals surface area contributed by atoms with Crippen LogP contribution in [0.3, 0.4) is 0 Å². The highest BCUT2D eigenvalue weighted by Crippen LogP contribution is 2.12. The number of guanidine groups is 1. The molecule has 59 heavy (non-hydrogen) atoms. The number of aromatic hydroxyl groups is 1. The van der Waals surface area contributed by atoms with E-state index >= 15 is 0 Å². The molecule has 0 spiro atoms. The molecular weight excluding hydrogens is 782 g/mol. The Bertz CT molecular complexity index is 1670. The van der Waals surface area contributed by atoms with Crippen LogP contribution in [0.2, 0.25) is 0 Å². The van der Waals surface area contributed by atoms with E-state index in [1.54, 1.807) is 26.0 Å². The summed E-state index contributed by atoms with van der Waals surface area (Å²) >= 11 is 0. The highest BCUT2D eigenvalue weighted by atomic mass is 16.4. The molecule has 6 atom stereocenters. The quantitative estimate of drug-likeness (QED) is 0.0224. The molecule has 0 radical (unpaired) electrons. The fraction of sp³-hybridized carbons (Fsp3) is 0.543. The van der Waals surface area contributed by atoms with Gasteiger partial charge < -0.3 is 75.3 Å². The molecule has 0 saturated carbocycles. The van der Waals surface area contributed by atoms with Crippen LogP contribution in [0.1, 0.15) is 57.9 Å². The number of hydrogen-bond donors (Lipinski definition) is 14. The van der Waals surface area contributed by atoms with E-state index in [4.69, 9.17) is 33.1 Å². The van der Waals surface area contributed by atoms with Gasteiger partial charge in [0.25, 0.3) is 0 Å². The van der Waals surface area contributed by atoms with Gasteiger partial charge in [-0.25, -0.2) is 0 Å². The number of primary amides is 1. The zero-order chi connectivity index (χ0) is 44.8. The molecule has 0 aliphatic heterocycles. The first kappa shape index (κ1) is 50.5. The lowest BCUT2D eigenvalue weighted by atomic mass is 10.00. The zero-order valence-corrected chi connectivity index (χ0v) is 32.6. The summed E-state index contributed by atoms with van der Waals surface area (Å²) < 4.78 is 0. The number of carboxylic acids is 2. The lowest BCUT2D eigenvalue weighted by molar-refractivity contribution is -0.140. The highest BCUT2D eigenvalue weighted by molar-refractivity contribution is 5.97. The molecule has 0 bridgehead atoms. The number of nitrogens with zero attached hydrogens (tertiary/aromatic N) is 1. The number of hydrogen-bond acceptors (Lipinski definition) is 13. The molecule has 0 fully saturated rings. The number of aliphatic imine (C=N–C) groups is 1. The minimum absolute atomic E-state index is 0.0104. The molecule has 0 aromatic heterocycles. The van der Waals surface area contributed by atoms with Gasteiger partial charge in [-0.05, 0) is 55.7 Å². The molecule has 1 rings (SSSR count). The molecule has 0 aliphatic carbocycles. The van der Waals surface area contributed by atoms with E-state index in [2.05, 4.69) is 31.6 Å². The number of carbonyl (C=O) groups is 9. The smallest absolute Gasteiger partial charge is 0.322 e. The number of nitrogens with one attached hydrogen (secondary N) is 6. The summed E-state index contributed by atoms with van der Waals surface area (Å²) in [5, 5.41) is 51.5. The van der Waals surface area contributed by atoms with Gasteiger partial charge in [-0.15, -0.1) is 0 Å². The zero-order valence-electron chi connectivity index (χ0n) is 32.6. The fourth-order valence-electron chi connectivity index (χ4n) is 5.20. The Kier molecular flexibility index (Phi) is 21.9. The molecule has 0 heterocycles. The summed E-state index contributed by atoms with van der Waals surface area (Å²) in [6, 6.07) is -2.84. The van der Waals surface area contributed by atoms with Crippen molar-refractivity contribution in [2.75, 3.05) is 19.7 Å². The van der Waals surface area contributed by atoms with E-state index in [-0.39, 0.29) is 43.9 Å². The van der Waals surface area contributed by atoms with Gasteiger partial charge in [0.2, 0.25) is 41.4 Å². The van der Waals surface area contributed by atoms with Gasteiger partial charge >= 0.3 is 11.9 Å². The average Bonchev–Trinajstić information content (AvgIpc) is 3.16. The van der Waals surface area contributed by atoms with E-state index in [1.165, 1.54) is 12.1 Å². The predicted octanol–water partition coefficient (Wildman–Crippen LogP) is -5.28. The standard InChI is InChI=1S/C35H55N11O13/c1-17(2)28(46-29(54)20(36)14-18-5-7-19(48)8-6-18)34(59)44-23(9-11-25(37)49)32(57)45-24(16-47)33(58)42-21(4-3-13-40-35(38)39)31(56)43-22(10-12-26(50)51)30(55)41-15-27(52)53/h5-8,17,20-24,28,47-48H,3-4,9-16,36H2,1-2H3,(H2,37,49)(H,41,55)(H,42,58)(H,43,56)(H,44,59)(H,45,57)(H,46,54)(H,50,51)(H,52,53)(H4,38,39,40)/t20-,21-,22-,23-,24-,28-/m0/s1. The molecule has 0 aliphatic rings. The molecule has 24 nitrogen and oxygen atoms in total. The number of phenolic OH excluding ortho intramolecular Hbond substituents is 1. The first-order valence-electron chi connectivity index (χ1n) is 18.4. The number of phenols is 1.